The molecule has 1 N–H and O–H groups in total. The van der Waals surface area contributed by atoms with Gasteiger partial charge in [-0.15, -0.1) is 32.9 Å². The summed E-state index contributed by atoms with van der Waals surface area (Å²) in [4.78, 5) is 13.2. The number of hydrogen-bond donors (Lipinski definition) is 1. The maximum absolute atomic E-state index is 12.2. The van der Waals surface area contributed by atoms with Crippen LogP contribution in [0, 0.1) is 6.92 Å². The average Bonchev–Trinajstić information content (AvgIpc) is 3.15. The minimum atomic E-state index is -0.518. The van der Waals surface area contributed by atoms with E-state index in [1.807, 2.05) is 30.5 Å². The lowest BCUT2D eigenvalue weighted by molar-refractivity contribution is 0.0527. The molecule has 2 heterocycles. The molecule has 2 aromatic heterocycles. The number of carbonyl (C=O) groups is 1. The van der Waals surface area contributed by atoms with Crippen LogP contribution < -0.4 is 0 Å². The van der Waals surface area contributed by atoms with Gasteiger partial charge in [-0.05, 0) is 43.5 Å². The third kappa shape index (κ3) is 3.11. The normalized spacial score (nSPS) is 11.4. The van der Waals surface area contributed by atoms with Crippen LogP contribution in [0.25, 0.3) is 10.1 Å². The number of thiophene rings is 2. The number of nitrogens with zero attached hydrogens (tertiary/aromatic N) is 2. The van der Waals surface area contributed by atoms with Crippen molar-refractivity contribution in [2.24, 2.45) is 10.2 Å². The highest BCUT2D eigenvalue weighted by atomic mass is 32.1. The number of fused-ring (bicyclic) bond motifs is 1. The number of aryl methyl sites for hydroxylation is 1. The number of benzene rings is 1. The van der Waals surface area contributed by atoms with Gasteiger partial charge in [-0.2, -0.15) is 0 Å². The van der Waals surface area contributed by atoms with Crippen molar-refractivity contribution in [3.8, 4) is 5.75 Å². The Bertz CT molecular complexity index is 883. The van der Waals surface area contributed by atoms with Crippen LogP contribution in [-0.4, -0.2) is 17.7 Å². The molecule has 0 fully saturated rings. The Labute approximate surface area is 140 Å². The average molecular weight is 346 g/mol. The van der Waals surface area contributed by atoms with Gasteiger partial charge in [0.25, 0.3) is 0 Å². The first-order chi connectivity index (χ1) is 11.1. The van der Waals surface area contributed by atoms with Crippen LogP contribution in [-0.2, 0) is 4.74 Å². The fraction of sp³-hybridized carbons (Fsp3) is 0.188. The van der Waals surface area contributed by atoms with Crippen molar-refractivity contribution in [3.05, 3.63) is 40.1 Å². The fourth-order valence-corrected chi connectivity index (χ4v) is 3.74. The molecule has 0 bridgehead atoms. The molecule has 0 amide bonds. The summed E-state index contributed by atoms with van der Waals surface area (Å²) in [7, 11) is 0. The van der Waals surface area contributed by atoms with E-state index in [4.69, 9.17) is 4.74 Å². The summed E-state index contributed by atoms with van der Waals surface area (Å²) >= 11 is 2.92. The Morgan fingerprint density at radius 2 is 2.17 bits per heavy atom. The third-order valence-electron chi connectivity index (χ3n) is 3.13. The van der Waals surface area contributed by atoms with Crippen LogP contribution >= 0.6 is 22.7 Å². The van der Waals surface area contributed by atoms with Crippen LogP contribution in [0.4, 0.5) is 10.7 Å². The minimum Gasteiger partial charge on any atom is -0.507 e. The predicted molar refractivity (Wildman–Crippen MR) is 92.7 cm³/mol. The highest BCUT2D eigenvalue weighted by Crippen LogP contribution is 2.42. The Hall–Kier alpha value is -2.25. The van der Waals surface area contributed by atoms with Gasteiger partial charge in [0.15, 0.2) is 0 Å². The molecular weight excluding hydrogens is 332 g/mol. The number of phenols is 1. The number of esters is 1. The molecule has 118 valence electrons. The highest BCUT2D eigenvalue weighted by Gasteiger charge is 2.20. The smallest absolute Gasteiger partial charge is 0.340 e. The van der Waals surface area contributed by atoms with Crippen molar-refractivity contribution >= 4 is 49.4 Å². The fourth-order valence-electron chi connectivity index (χ4n) is 2.18. The highest BCUT2D eigenvalue weighted by molar-refractivity contribution is 7.19. The second-order valence-electron chi connectivity index (χ2n) is 4.76. The topological polar surface area (TPSA) is 71.2 Å². The van der Waals surface area contributed by atoms with Gasteiger partial charge in [-0.3, -0.25) is 0 Å². The first-order valence-electron chi connectivity index (χ1n) is 6.98. The van der Waals surface area contributed by atoms with Crippen LogP contribution in [0.2, 0.25) is 0 Å². The summed E-state index contributed by atoms with van der Waals surface area (Å²) in [6.45, 7) is 3.93. The van der Waals surface area contributed by atoms with Gasteiger partial charge in [0.2, 0.25) is 0 Å². The van der Waals surface area contributed by atoms with Crippen molar-refractivity contribution in [3.63, 3.8) is 0 Å². The Balaban J connectivity index is 2.20. The zero-order valence-electron chi connectivity index (χ0n) is 12.6. The molecule has 0 aliphatic carbocycles. The van der Waals surface area contributed by atoms with E-state index >= 15 is 0 Å². The maximum atomic E-state index is 12.2. The molecule has 0 aliphatic rings. The molecule has 3 aromatic rings. The number of azo groups is 1. The summed E-state index contributed by atoms with van der Waals surface area (Å²) < 4.78 is 5.80. The van der Waals surface area contributed by atoms with Crippen LogP contribution in [0.3, 0.4) is 0 Å². The summed E-state index contributed by atoms with van der Waals surface area (Å²) in [6, 6.07) is 6.99. The number of rotatable bonds is 4. The molecule has 0 unspecified atom stereocenters. The van der Waals surface area contributed by atoms with E-state index in [1.54, 1.807) is 6.92 Å². The molecular formula is C16H14N2O3S2. The van der Waals surface area contributed by atoms with Crippen molar-refractivity contribution in [2.45, 2.75) is 13.8 Å². The Morgan fingerprint density at radius 3 is 2.87 bits per heavy atom. The van der Waals surface area contributed by atoms with Gasteiger partial charge in [-0.1, -0.05) is 0 Å². The van der Waals surface area contributed by atoms with Crippen molar-refractivity contribution in [1.29, 1.82) is 0 Å². The van der Waals surface area contributed by atoms with Crippen molar-refractivity contribution < 1.29 is 14.6 Å². The van der Waals surface area contributed by atoms with Gasteiger partial charge >= 0.3 is 5.97 Å². The predicted octanol–water partition coefficient (Wildman–Crippen LogP) is 5.57. The number of ether oxygens (including phenoxy) is 1. The molecule has 0 spiro atoms. The molecule has 23 heavy (non-hydrogen) atoms. The van der Waals surface area contributed by atoms with Gasteiger partial charge in [0.05, 0.1) is 16.9 Å². The number of aromatic hydroxyl groups is 1. The number of carbonyl (C=O) groups excluding carboxylic acids is 1. The monoisotopic (exact) mass is 346 g/mol. The lowest BCUT2D eigenvalue weighted by Gasteiger charge is -2.07. The van der Waals surface area contributed by atoms with Crippen LogP contribution in [0.5, 0.6) is 5.75 Å². The van der Waals surface area contributed by atoms with Gasteiger partial charge in [-0.25, -0.2) is 4.79 Å². The van der Waals surface area contributed by atoms with E-state index in [1.165, 1.54) is 28.7 Å². The Morgan fingerprint density at radius 1 is 1.35 bits per heavy atom. The van der Waals surface area contributed by atoms with Crippen LogP contribution in [0.15, 0.2) is 39.9 Å². The zero-order valence-corrected chi connectivity index (χ0v) is 14.2. The number of phenolic OH excluding ortho intramolecular Hbond substituents is 1. The van der Waals surface area contributed by atoms with Crippen molar-refractivity contribution in [1.82, 2.24) is 0 Å². The SMILES string of the molecule is CCOC(=O)c1cc(O)c2cc(C)sc2c1/N=N/c1cccs1. The second kappa shape index (κ2) is 6.47. The summed E-state index contributed by atoms with van der Waals surface area (Å²) in [6.07, 6.45) is 0. The molecule has 0 atom stereocenters. The molecule has 0 saturated heterocycles. The van der Waals surface area contributed by atoms with Crippen LogP contribution in [0.1, 0.15) is 22.2 Å². The zero-order chi connectivity index (χ0) is 16.4. The van der Waals surface area contributed by atoms with E-state index < -0.39 is 5.97 Å². The molecule has 0 aliphatic heterocycles. The standard InChI is InChI=1S/C16H14N2O3S2/c1-3-21-16(20)11-8-12(19)10-7-9(2)23-15(10)14(11)18-17-13-5-4-6-22-13/h4-8,19H,3H2,1-2H3/b18-17+. The molecule has 1 aromatic carbocycles. The number of hydrogen-bond acceptors (Lipinski definition) is 7. The first kappa shape index (κ1) is 15.6. The lowest BCUT2D eigenvalue weighted by Crippen LogP contribution is -2.04. The van der Waals surface area contributed by atoms with Crippen molar-refractivity contribution in [2.75, 3.05) is 6.61 Å². The first-order valence-corrected chi connectivity index (χ1v) is 8.68. The lowest BCUT2D eigenvalue weighted by atomic mass is 10.1. The minimum absolute atomic E-state index is 0.0440. The second-order valence-corrected chi connectivity index (χ2v) is 6.95. The van der Waals surface area contributed by atoms with Gasteiger partial charge in [0, 0.05) is 10.3 Å². The molecule has 3 rings (SSSR count). The molecule has 7 heteroatoms. The van der Waals surface area contributed by atoms with E-state index in [9.17, 15) is 9.90 Å². The summed E-state index contributed by atoms with van der Waals surface area (Å²) in [5, 5.41) is 22.0. The molecule has 0 radical (unpaired) electrons. The van der Waals surface area contributed by atoms with E-state index in [0.717, 1.165) is 14.6 Å². The van der Waals surface area contributed by atoms with E-state index in [0.29, 0.717) is 11.1 Å². The van der Waals surface area contributed by atoms with Gasteiger partial charge < -0.3 is 9.84 Å². The maximum Gasteiger partial charge on any atom is 0.340 e. The largest absolute Gasteiger partial charge is 0.507 e. The summed E-state index contributed by atoms with van der Waals surface area (Å²) in [5.74, 6) is -0.474. The summed E-state index contributed by atoms with van der Waals surface area (Å²) in [5.41, 5.74) is 0.654. The molecule has 0 saturated carbocycles. The Kier molecular flexibility index (Phi) is 4.40. The van der Waals surface area contributed by atoms with E-state index in [-0.39, 0.29) is 17.9 Å². The quantitative estimate of drug-likeness (QED) is 0.496. The molecule has 5 nitrogen and oxygen atoms in total. The van der Waals surface area contributed by atoms with E-state index in [2.05, 4.69) is 10.2 Å². The third-order valence-corrected chi connectivity index (χ3v) is 4.94. The van der Waals surface area contributed by atoms with Gasteiger partial charge in [0.1, 0.15) is 16.4 Å².